The number of piperazine rings is 1. The van der Waals surface area contributed by atoms with Gasteiger partial charge in [-0.25, -0.2) is 0 Å². The van der Waals surface area contributed by atoms with Gasteiger partial charge in [-0.05, 0) is 6.92 Å². The minimum absolute atomic E-state index is 0. The van der Waals surface area contributed by atoms with Crippen LogP contribution in [0.5, 0.6) is 0 Å². The molecule has 0 unspecified atom stereocenters. The highest BCUT2D eigenvalue weighted by Gasteiger charge is 2.29. The number of halogens is 2. The molecule has 2 aliphatic rings. The highest BCUT2D eigenvalue weighted by molar-refractivity contribution is 7.99. The smallest absolute Gasteiger partial charge is 0.240 e. The van der Waals surface area contributed by atoms with Gasteiger partial charge in [0.2, 0.25) is 5.91 Å². The van der Waals surface area contributed by atoms with E-state index < -0.39 is 0 Å². The molecular weight excluding hydrogens is 347 g/mol. The molecule has 0 saturated carbocycles. The first-order valence-electron chi connectivity index (χ1n) is 6.97. The molecule has 0 radical (unpaired) electrons. The first-order chi connectivity index (χ1) is 9.72. The maximum absolute atomic E-state index is 12.3. The van der Waals surface area contributed by atoms with Crippen molar-refractivity contribution in [2.45, 2.75) is 19.5 Å². The zero-order chi connectivity index (χ0) is 13.9. The van der Waals surface area contributed by atoms with Crippen LogP contribution in [0, 0.1) is 6.92 Å². The summed E-state index contributed by atoms with van der Waals surface area (Å²) in [5.41, 5.74) is 0.915. The summed E-state index contributed by atoms with van der Waals surface area (Å²) >= 11 is 1.79. The Balaban J connectivity index is 0.00000121. The summed E-state index contributed by atoms with van der Waals surface area (Å²) in [6, 6.07) is 1.99. The van der Waals surface area contributed by atoms with E-state index in [1.807, 2.05) is 17.9 Å². The molecule has 2 aliphatic heterocycles. The van der Waals surface area contributed by atoms with Crippen LogP contribution in [0.25, 0.3) is 0 Å². The summed E-state index contributed by atoms with van der Waals surface area (Å²) in [6.45, 7) is 6.09. The molecule has 1 aromatic heterocycles. The molecule has 3 heterocycles. The number of carbonyl (C=O) groups is 1. The summed E-state index contributed by atoms with van der Waals surface area (Å²) in [7, 11) is 0. The Morgan fingerprint density at radius 1 is 1.41 bits per heavy atom. The Morgan fingerprint density at radius 2 is 2.14 bits per heavy atom. The second-order valence-corrected chi connectivity index (χ2v) is 6.34. The third kappa shape index (κ3) is 4.76. The molecule has 22 heavy (non-hydrogen) atoms. The lowest BCUT2D eigenvalue weighted by molar-refractivity contribution is -0.134. The average molecular weight is 369 g/mol. The molecule has 6 nitrogen and oxygen atoms in total. The molecule has 0 aromatic carbocycles. The summed E-state index contributed by atoms with van der Waals surface area (Å²) in [5.74, 6) is 2.94. The van der Waals surface area contributed by atoms with Crippen molar-refractivity contribution in [2.24, 2.45) is 0 Å². The minimum Gasteiger partial charge on any atom is -0.360 e. The van der Waals surface area contributed by atoms with Crippen molar-refractivity contribution in [3.63, 3.8) is 0 Å². The van der Waals surface area contributed by atoms with Crippen molar-refractivity contribution >= 4 is 42.5 Å². The Hall–Kier alpha value is -0.470. The van der Waals surface area contributed by atoms with Crippen molar-refractivity contribution in [1.82, 2.24) is 20.3 Å². The Labute approximate surface area is 147 Å². The van der Waals surface area contributed by atoms with E-state index >= 15 is 0 Å². The third-order valence-corrected chi connectivity index (χ3v) is 4.69. The number of hydrogen-bond acceptors (Lipinski definition) is 6. The lowest BCUT2D eigenvalue weighted by Crippen LogP contribution is -2.53. The normalized spacial score (nSPS) is 22.0. The fourth-order valence-electron chi connectivity index (χ4n) is 2.61. The Morgan fingerprint density at radius 3 is 2.68 bits per heavy atom. The van der Waals surface area contributed by atoms with E-state index in [2.05, 4.69) is 15.4 Å². The number of thioether (sulfide) groups is 1. The van der Waals surface area contributed by atoms with Crippen LogP contribution in [0.1, 0.15) is 11.5 Å². The highest BCUT2D eigenvalue weighted by Crippen LogP contribution is 2.14. The van der Waals surface area contributed by atoms with Crippen LogP contribution in [-0.4, -0.2) is 64.7 Å². The van der Waals surface area contributed by atoms with Crippen molar-refractivity contribution in [3.05, 3.63) is 17.5 Å². The monoisotopic (exact) mass is 368 g/mol. The zero-order valence-electron chi connectivity index (χ0n) is 12.5. The van der Waals surface area contributed by atoms with Crippen molar-refractivity contribution in [1.29, 1.82) is 0 Å². The van der Waals surface area contributed by atoms with Gasteiger partial charge in [0, 0.05) is 43.9 Å². The maximum atomic E-state index is 12.3. The van der Waals surface area contributed by atoms with Gasteiger partial charge in [0.15, 0.2) is 5.76 Å². The predicted octanol–water partition coefficient (Wildman–Crippen LogP) is 1.13. The maximum Gasteiger partial charge on any atom is 0.240 e. The van der Waals surface area contributed by atoms with Gasteiger partial charge in [0.1, 0.15) is 0 Å². The first kappa shape index (κ1) is 19.6. The molecule has 1 amide bonds. The van der Waals surface area contributed by atoms with Gasteiger partial charge in [-0.3, -0.25) is 15.0 Å². The van der Waals surface area contributed by atoms with E-state index in [0.717, 1.165) is 55.8 Å². The second-order valence-electron chi connectivity index (χ2n) is 5.31. The summed E-state index contributed by atoms with van der Waals surface area (Å²) in [6.07, 6.45) is 0. The number of aromatic nitrogens is 1. The highest BCUT2D eigenvalue weighted by atomic mass is 35.5. The van der Waals surface area contributed by atoms with Crippen LogP contribution in [-0.2, 0) is 11.3 Å². The quantitative estimate of drug-likeness (QED) is 0.862. The molecule has 3 rings (SSSR count). The number of carbonyl (C=O) groups excluding carboxylic acids is 1. The number of nitrogens with zero attached hydrogens (tertiary/aromatic N) is 3. The van der Waals surface area contributed by atoms with Gasteiger partial charge in [-0.15, -0.1) is 36.6 Å². The van der Waals surface area contributed by atoms with Gasteiger partial charge in [0.25, 0.3) is 0 Å². The first-order valence-corrected chi connectivity index (χ1v) is 8.12. The number of nitrogens with one attached hydrogen (secondary N) is 1. The Bertz CT molecular complexity index is 474. The van der Waals surface area contributed by atoms with Crippen LogP contribution < -0.4 is 5.32 Å². The van der Waals surface area contributed by atoms with E-state index in [4.69, 9.17) is 4.52 Å². The van der Waals surface area contributed by atoms with Crippen LogP contribution >= 0.6 is 36.6 Å². The van der Waals surface area contributed by atoms with Crippen LogP contribution in [0.2, 0.25) is 0 Å². The van der Waals surface area contributed by atoms with Crippen molar-refractivity contribution < 1.29 is 9.32 Å². The third-order valence-electron chi connectivity index (χ3n) is 3.75. The standard InChI is InChI=1S/C13H20N4O2S.2ClH/c1-10-6-11(19-15-10)7-16-2-4-17(5-3-16)13(18)12-8-20-9-14-12;;/h6,12,14H,2-5,7-9H2,1H3;2*1H/t12-;;/m1../s1. The van der Waals surface area contributed by atoms with Crippen molar-refractivity contribution in [2.75, 3.05) is 37.8 Å². The largest absolute Gasteiger partial charge is 0.360 e. The molecule has 2 fully saturated rings. The van der Waals surface area contributed by atoms with Gasteiger partial charge in [-0.2, -0.15) is 0 Å². The molecule has 0 aliphatic carbocycles. The second kappa shape index (κ2) is 8.98. The minimum atomic E-state index is 0. The summed E-state index contributed by atoms with van der Waals surface area (Å²) < 4.78 is 5.24. The molecule has 1 N–H and O–H groups in total. The molecule has 1 aromatic rings. The summed E-state index contributed by atoms with van der Waals surface area (Å²) in [4.78, 5) is 16.6. The molecule has 1 atom stereocenters. The average Bonchev–Trinajstić information content (AvgIpc) is 3.11. The molecule has 126 valence electrons. The van der Waals surface area contributed by atoms with Gasteiger partial charge in [-0.1, -0.05) is 5.16 Å². The van der Waals surface area contributed by atoms with Gasteiger partial charge < -0.3 is 9.42 Å². The lowest BCUT2D eigenvalue weighted by Gasteiger charge is -2.35. The molecule has 0 spiro atoms. The predicted molar refractivity (Wildman–Crippen MR) is 91.8 cm³/mol. The van der Waals surface area contributed by atoms with Crippen LogP contribution in [0.15, 0.2) is 10.6 Å². The molecule has 9 heteroatoms. The van der Waals surface area contributed by atoms with Gasteiger partial charge in [0.05, 0.1) is 18.3 Å². The SMILES string of the molecule is Cc1cc(CN2CCN(C(=O)[C@H]3CSCN3)CC2)on1.Cl.Cl. The summed E-state index contributed by atoms with van der Waals surface area (Å²) in [5, 5.41) is 7.14. The lowest BCUT2D eigenvalue weighted by atomic mass is 10.2. The number of rotatable bonds is 3. The van der Waals surface area contributed by atoms with Crippen molar-refractivity contribution in [3.8, 4) is 0 Å². The van der Waals surface area contributed by atoms with Gasteiger partial charge >= 0.3 is 0 Å². The fourth-order valence-corrected chi connectivity index (χ4v) is 3.54. The van der Waals surface area contributed by atoms with E-state index in [1.54, 1.807) is 11.8 Å². The Kier molecular flexibility index (Phi) is 7.99. The zero-order valence-corrected chi connectivity index (χ0v) is 14.9. The van der Waals surface area contributed by atoms with E-state index in [0.29, 0.717) is 0 Å². The number of aryl methyl sites for hydroxylation is 1. The van der Waals surface area contributed by atoms with E-state index in [9.17, 15) is 4.79 Å². The topological polar surface area (TPSA) is 61.6 Å². The molecular formula is C13H22Cl2N4O2S. The molecule has 0 bridgehead atoms. The van der Waals surface area contributed by atoms with Crippen LogP contribution in [0.4, 0.5) is 0 Å². The number of hydrogen-bond donors (Lipinski definition) is 1. The van der Waals surface area contributed by atoms with E-state index in [-0.39, 0.29) is 36.8 Å². The fraction of sp³-hybridized carbons (Fsp3) is 0.692. The van der Waals surface area contributed by atoms with Crippen LogP contribution in [0.3, 0.4) is 0 Å². The number of amides is 1. The van der Waals surface area contributed by atoms with E-state index in [1.165, 1.54) is 0 Å². The molecule has 2 saturated heterocycles.